The first kappa shape index (κ1) is 18.9. The van der Waals surface area contributed by atoms with Crippen molar-refractivity contribution in [2.45, 2.75) is 18.2 Å². The molecule has 25 heavy (non-hydrogen) atoms. The van der Waals surface area contributed by atoms with E-state index in [2.05, 4.69) is 5.32 Å². The molecule has 0 saturated heterocycles. The Morgan fingerprint density at radius 3 is 2.52 bits per heavy atom. The maximum Gasteiger partial charge on any atom is 0.316 e. The van der Waals surface area contributed by atoms with Crippen molar-refractivity contribution in [1.29, 1.82) is 0 Å². The highest BCUT2D eigenvalue weighted by atomic mass is 32.2. The second-order valence-corrected chi connectivity index (χ2v) is 6.14. The molecule has 1 amide bonds. The monoisotopic (exact) mass is 365 g/mol. The third-order valence-electron chi connectivity index (χ3n) is 3.25. The van der Waals surface area contributed by atoms with Crippen LogP contribution in [0.5, 0.6) is 0 Å². The molecule has 0 unspecified atom stereocenters. The van der Waals surface area contributed by atoms with E-state index in [-0.39, 0.29) is 10.6 Å². The highest BCUT2D eigenvalue weighted by Gasteiger charge is 2.11. The van der Waals surface area contributed by atoms with Crippen molar-refractivity contribution in [3.05, 3.63) is 59.7 Å². The molecule has 2 rings (SSSR count). The lowest BCUT2D eigenvalue weighted by molar-refractivity contribution is -0.144. The Balaban J connectivity index is 1.75. The van der Waals surface area contributed by atoms with Crippen LogP contribution in [0.1, 0.15) is 12.5 Å². The van der Waals surface area contributed by atoms with E-state index in [0.717, 1.165) is 41.9 Å². The minimum atomic E-state index is -0.690. The molecule has 0 bridgehead atoms. The zero-order chi connectivity index (χ0) is 18.2. The predicted molar refractivity (Wildman–Crippen MR) is 92.5 cm³/mol. The number of hydrogen-bond acceptors (Lipinski definition) is 4. The summed E-state index contributed by atoms with van der Waals surface area (Å²) in [4.78, 5) is 23.4. The molecule has 0 atom stereocenters. The summed E-state index contributed by atoms with van der Waals surface area (Å²) in [5.74, 6) is -2.60. The van der Waals surface area contributed by atoms with Gasteiger partial charge in [0.05, 0.1) is 5.75 Å². The van der Waals surface area contributed by atoms with Gasteiger partial charge in [-0.25, -0.2) is 8.78 Å². The molecule has 0 spiro atoms. The van der Waals surface area contributed by atoms with Crippen molar-refractivity contribution in [3.63, 3.8) is 0 Å². The summed E-state index contributed by atoms with van der Waals surface area (Å²) in [7, 11) is 0. The van der Waals surface area contributed by atoms with Gasteiger partial charge >= 0.3 is 5.97 Å². The van der Waals surface area contributed by atoms with Gasteiger partial charge in [0.2, 0.25) is 0 Å². The number of aryl methyl sites for hydroxylation is 1. The Labute approximate surface area is 148 Å². The summed E-state index contributed by atoms with van der Waals surface area (Å²) >= 11 is 0.808. The van der Waals surface area contributed by atoms with E-state index in [4.69, 9.17) is 4.74 Å². The lowest BCUT2D eigenvalue weighted by atomic mass is 10.1. The molecular formula is C18H17F2NO3S. The molecule has 4 nitrogen and oxygen atoms in total. The maximum atomic E-state index is 13.4. The van der Waals surface area contributed by atoms with Gasteiger partial charge in [-0.2, -0.15) is 0 Å². The van der Waals surface area contributed by atoms with Gasteiger partial charge in [-0.15, -0.1) is 11.8 Å². The molecule has 0 aromatic heterocycles. The number of nitrogens with one attached hydrogen (secondary N) is 1. The number of rotatable bonds is 7. The lowest BCUT2D eigenvalue weighted by Crippen LogP contribution is -2.21. The molecule has 0 fully saturated rings. The highest BCUT2D eigenvalue weighted by molar-refractivity contribution is 8.00. The molecule has 132 valence electrons. The number of thioether (sulfide) groups is 1. The number of carbonyl (C=O) groups excluding carboxylic acids is 2. The number of anilines is 1. The van der Waals surface area contributed by atoms with Crippen LogP contribution in [-0.4, -0.2) is 24.2 Å². The smallest absolute Gasteiger partial charge is 0.316 e. The van der Waals surface area contributed by atoms with Crippen LogP contribution in [0.2, 0.25) is 0 Å². The van der Waals surface area contributed by atoms with Crippen LogP contribution in [0, 0.1) is 11.6 Å². The summed E-state index contributed by atoms with van der Waals surface area (Å²) < 4.78 is 31.3. The second kappa shape index (κ2) is 9.17. The first-order chi connectivity index (χ1) is 12.0. The van der Waals surface area contributed by atoms with Crippen LogP contribution in [0.3, 0.4) is 0 Å². The largest absolute Gasteiger partial charge is 0.455 e. The van der Waals surface area contributed by atoms with Crippen LogP contribution in [0.25, 0.3) is 0 Å². The number of benzene rings is 2. The van der Waals surface area contributed by atoms with E-state index < -0.39 is 30.1 Å². The van der Waals surface area contributed by atoms with E-state index in [0.29, 0.717) is 5.69 Å². The zero-order valence-corrected chi connectivity index (χ0v) is 14.4. The highest BCUT2D eigenvalue weighted by Crippen LogP contribution is 2.22. The molecule has 0 heterocycles. The molecule has 0 radical (unpaired) electrons. The summed E-state index contributed by atoms with van der Waals surface area (Å²) in [6.45, 7) is 1.58. The van der Waals surface area contributed by atoms with Crippen LogP contribution in [0.4, 0.5) is 14.5 Å². The third kappa shape index (κ3) is 6.19. The Bertz CT molecular complexity index is 750. The van der Waals surface area contributed by atoms with Crippen molar-refractivity contribution in [1.82, 2.24) is 0 Å². The van der Waals surface area contributed by atoms with Gasteiger partial charge in [0.25, 0.3) is 5.91 Å². The summed E-state index contributed by atoms with van der Waals surface area (Å²) in [6.07, 6.45) is 0.898. The van der Waals surface area contributed by atoms with Gasteiger partial charge in [0.1, 0.15) is 11.6 Å². The number of carbonyl (C=O) groups is 2. The lowest BCUT2D eigenvalue weighted by Gasteiger charge is -2.07. The van der Waals surface area contributed by atoms with Crippen LogP contribution in [-0.2, 0) is 20.7 Å². The first-order valence-corrected chi connectivity index (χ1v) is 8.58. The fourth-order valence-electron chi connectivity index (χ4n) is 1.93. The Hall–Kier alpha value is -2.41. The fraction of sp³-hybridized carbons (Fsp3) is 0.222. The standard InChI is InChI=1S/C18H17F2NO3S/c1-2-12-3-6-14(7-4-12)21-17(22)10-24-18(23)11-25-16-9-13(19)5-8-15(16)20/h3-9H,2,10-11H2,1H3,(H,21,22). The third-order valence-corrected chi connectivity index (χ3v) is 4.25. The van der Waals surface area contributed by atoms with E-state index >= 15 is 0 Å². The summed E-state index contributed by atoms with van der Waals surface area (Å²) in [5.41, 5.74) is 1.75. The summed E-state index contributed by atoms with van der Waals surface area (Å²) in [6, 6.07) is 10.3. The van der Waals surface area contributed by atoms with Gasteiger partial charge < -0.3 is 10.1 Å². The van der Waals surface area contributed by atoms with Gasteiger partial charge in [0, 0.05) is 10.6 Å². The van der Waals surface area contributed by atoms with Gasteiger partial charge in [-0.05, 0) is 42.3 Å². The average molecular weight is 365 g/mol. The minimum absolute atomic E-state index is 0.0115. The SMILES string of the molecule is CCc1ccc(NC(=O)COC(=O)CSc2cc(F)ccc2F)cc1. The first-order valence-electron chi connectivity index (χ1n) is 7.60. The number of hydrogen-bond donors (Lipinski definition) is 1. The maximum absolute atomic E-state index is 13.4. The molecule has 0 saturated carbocycles. The van der Waals surface area contributed by atoms with Crippen LogP contribution >= 0.6 is 11.8 Å². The fourth-order valence-corrected chi connectivity index (χ4v) is 2.69. The Kier molecular flexibility index (Phi) is 6.94. The minimum Gasteiger partial charge on any atom is -0.455 e. The summed E-state index contributed by atoms with van der Waals surface area (Å²) in [5, 5.41) is 2.61. The number of ether oxygens (including phenoxy) is 1. The predicted octanol–water partition coefficient (Wildman–Crippen LogP) is 3.80. The normalized spacial score (nSPS) is 10.4. The van der Waals surface area contributed by atoms with Gasteiger partial charge in [-0.3, -0.25) is 9.59 Å². The van der Waals surface area contributed by atoms with Crippen molar-refractivity contribution in [3.8, 4) is 0 Å². The van der Waals surface area contributed by atoms with Crippen molar-refractivity contribution in [2.24, 2.45) is 0 Å². The van der Waals surface area contributed by atoms with Crippen LogP contribution in [0.15, 0.2) is 47.4 Å². The van der Waals surface area contributed by atoms with Crippen molar-refractivity contribution >= 4 is 29.3 Å². The average Bonchev–Trinajstić information content (AvgIpc) is 2.61. The van der Waals surface area contributed by atoms with Gasteiger partial charge in [0.15, 0.2) is 6.61 Å². The molecule has 0 aliphatic carbocycles. The molecule has 0 aliphatic heterocycles. The number of esters is 1. The zero-order valence-electron chi connectivity index (χ0n) is 13.6. The van der Waals surface area contributed by atoms with Crippen LogP contribution < -0.4 is 5.32 Å². The van der Waals surface area contributed by atoms with E-state index in [1.807, 2.05) is 19.1 Å². The molecule has 0 aliphatic rings. The van der Waals surface area contributed by atoms with Crippen molar-refractivity contribution < 1.29 is 23.1 Å². The molecule has 7 heteroatoms. The Morgan fingerprint density at radius 1 is 1.12 bits per heavy atom. The Morgan fingerprint density at radius 2 is 1.84 bits per heavy atom. The number of amides is 1. The molecule has 2 aromatic rings. The topological polar surface area (TPSA) is 55.4 Å². The molecular weight excluding hydrogens is 348 g/mol. The molecule has 2 aromatic carbocycles. The number of halogens is 2. The van der Waals surface area contributed by atoms with E-state index in [9.17, 15) is 18.4 Å². The van der Waals surface area contributed by atoms with Crippen molar-refractivity contribution in [2.75, 3.05) is 17.7 Å². The van der Waals surface area contributed by atoms with E-state index in [1.165, 1.54) is 0 Å². The second-order valence-electron chi connectivity index (χ2n) is 5.12. The molecule has 1 N–H and O–H groups in total. The van der Waals surface area contributed by atoms with Gasteiger partial charge in [-0.1, -0.05) is 19.1 Å². The van der Waals surface area contributed by atoms with E-state index in [1.54, 1.807) is 12.1 Å². The quantitative estimate of drug-likeness (QED) is 0.599.